The van der Waals surface area contributed by atoms with Crippen molar-refractivity contribution in [3.05, 3.63) is 24.3 Å². The zero-order chi connectivity index (χ0) is 13.2. The van der Waals surface area contributed by atoms with Crippen LogP contribution in [0.1, 0.15) is 6.92 Å². The SMILES string of the molecule is CC(C(=O)O)S(=O)c1ccc(S(C)(=O)=O)cc1. The summed E-state index contributed by atoms with van der Waals surface area (Å²) in [6.45, 7) is 1.34. The van der Waals surface area contributed by atoms with Gasteiger partial charge in [0.2, 0.25) is 0 Å². The predicted octanol–water partition coefficient (Wildman–Crippen LogP) is 0.671. The van der Waals surface area contributed by atoms with Crippen molar-refractivity contribution in [2.75, 3.05) is 6.26 Å². The van der Waals surface area contributed by atoms with E-state index >= 15 is 0 Å². The van der Waals surface area contributed by atoms with Crippen LogP contribution in [0.25, 0.3) is 0 Å². The molecule has 0 aliphatic carbocycles. The predicted molar refractivity (Wildman–Crippen MR) is 63.1 cm³/mol. The van der Waals surface area contributed by atoms with Gasteiger partial charge in [-0.1, -0.05) is 0 Å². The molecule has 2 unspecified atom stereocenters. The molecule has 0 aliphatic heterocycles. The smallest absolute Gasteiger partial charge is 0.319 e. The van der Waals surface area contributed by atoms with Gasteiger partial charge in [-0.2, -0.15) is 0 Å². The highest BCUT2D eigenvalue weighted by Crippen LogP contribution is 2.15. The first-order chi connectivity index (χ1) is 7.73. The van der Waals surface area contributed by atoms with Gasteiger partial charge in [0.15, 0.2) is 9.84 Å². The Balaban J connectivity index is 3.04. The minimum Gasteiger partial charge on any atom is -0.480 e. The first-order valence-electron chi connectivity index (χ1n) is 4.67. The van der Waals surface area contributed by atoms with Gasteiger partial charge in [-0.15, -0.1) is 0 Å². The number of hydrogen-bond donors (Lipinski definition) is 1. The van der Waals surface area contributed by atoms with Gasteiger partial charge >= 0.3 is 5.97 Å². The van der Waals surface area contributed by atoms with E-state index in [0.717, 1.165) is 6.26 Å². The minimum absolute atomic E-state index is 0.112. The molecule has 1 aromatic rings. The number of benzene rings is 1. The molecule has 1 N–H and O–H groups in total. The van der Waals surface area contributed by atoms with E-state index in [2.05, 4.69) is 0 Å². The maximum absolute atomic E-state index is 11.7. The third kappa shape index (κ3) is 3.37. The fraction of sp³-hybridized carbons (Fsp3) is 0.300. The van der Waals surface area contributed by atoms with Crippen molar-refractivity contribution in [1.29, 1.82) is 0 Å². The second kappa shape index (κ2) is 4.97. The zero-order valence-corrected chi connectivity index (χ0v) is 10.9. The standard InChI is InChI=1S/C10H12O5S2/c1-7(10(11)12)16(13)8-3-5-9(6-4-8)17(2,14)15/h3-7H,1-2H3,(H,11,12). The third-order valence-corrected chi connectivity index (χ3v) is 4.86. The molecule has 94 valence electrons. The fourth-order valence-corrected chi connectivity index (χ4v) is 2.74. The Hall–Kier alpha value is -1.21. The van der Waals surface area contributed by atoms with Gasteiger partial charge in [0.25, 0.3) is 0 Å². The number of sulfone groups is 1. The number of carbonyl (C=O) groups is 1. The van der Waals surface area contributed by atoms with E-state index < -0.39 is 31.9 Å². The van der Waals surface area contributed by atoms with Crippen LogP contribution < -0.4 is 0 Å². The molecule has 0 spiro atoms. The second-order valence-electron chi connectivity index (χ2n) is 3.52. The summed E-state index contributed by atoms with van der Waals surface area (Å²) in [5.74, 6) is -1.16. The lowest BCUT2D eigenvalue weighted by Crippen LogP contribution is -2.21. The highest BCUT2D eigenvalue weighted by atomic mass is 32.2. The summed E-state index contributed by atoms with van der Waals surface area (Å²) in [5, 5.41) is 7.68. The summed E-state index contributed by atoms with van der Waals surface area (Å²) in [4.78, 5) is 11.1. The van der Waals surface area contributed by atoms with E-state index in [1.54, 1.807) is 0 Å². The monoisotopic (exact) mass is 276 g/mol. The molecule has 1 aromatic carbocycles. The Morgan fingerprint density at radius 3 is 2.12 bits per heavy atom. The van der Waals surface area contributed by atoms with Crippen molar-refractivity contribution < 1.29 is 22.5 Å². The molecule has 0 aromatic heterocycles. The fourth-order valence-electron chi connectivity index (χ4n) is 1.12. The average Bonchev–Trinajstić information content (AvgIpc) is 2.26. The van der Waals surface area contributed by atoms with Crippen LogP contribution in [-0.4, -0.2) is 35.2 Å². The van der Waals surface area contributed by atoms with Crippen molar-refractivity contribution in [3.8, 4) is 0 Å². The number of rotatable bonds is 4. The number of aliphatic carboxylic acids is 1. The molecule has 0 bridgehead atoms. The Morgan fingerprint density at radius 1 is 1.29 bits per heavy atom. The molecule has 0 saturated heterocycles. The lowest BCUT2D eigenvalue weighted by atomic mass is 10.4. The van der Waals surface area contributed by atoms with Crippen LogP contribution in [0.2, 0.25) is 0 Å². The van der Waals surface area contributed by atoms with Crippen LogP contribution in [-0.2, 0) is 25.4 Å². The third-order valence-electron chi connectivity index (χ3n) is 2.15. The Labute approximate surface area is 102 Å². The van der Waals surface area contributed by atoms with Crippen LogP contribution in [0.3, 0.4) is 0 Å². The van der Waals surface area contributed by atoms with Gasteiger partial charge in [-0.25, -0.2) is 8.42 Å². The van der Waals surface area contributed by atoms with Crippen molar-refractivity contribution in [1.82, 2.24) is 0 Å². The number of carboxylic acid groups (broad SMARTS) is 1. The number of carboxylic acids is 1. The highest BCUT2D eigenvalue weighted by molar-refractivity contribution is 7.90. The Kier molecular flexibility index (Phi) is 4.05. The molecular weight excluding hydrogens is 264 g/mol. The average molecular weight is 276 g/mol. The highest BCUT2D eigenvalue weighted by Gasteiger charge is 2.20. The van der Waals surface area contributed by atoms with Gasteiger partial charge in [0.1, 0.15) is 5.25 Å². The van der Waals surface area contributed by atoms with E-state index in [-0.39, 0.29) is 4.90 Å². The summed E-state index contributed by atoms with van der Waals surface area (Å²) in [6.07, 6.45) is 1.07. The van der Waals surface area contributed by atoms with E-state index in [9.17, 15) is 17.4 Å². The molecule has 7 heteroatoms. The Bertz CT molecular complexity index is 545. The van der Waals surface area contributed by atoms with Crippen molar-refractivity contribution in [2.45, 2.75) is 22.0 Å². The Morgan fingerprint density at radius 2 is 1.76 bits per heavy atom. The lowest BCUT2D eigenvalue weighted by molar-refractivity contribution is -0.136. The molecule has 5 nitrogen and oxygen atoms in total. The van der Waals surface area contributed by atoms with Crippen LogP contribution >= 0.6 is 0 Å². The van der Waals surface area contributed by atoms with Gasteiger partial charge < -0.3 is 5.11 Å². The molecule has 17 heavy (non-hydrogen) atoms. The van der Waals surface area contributed by atoms with Crippen molar-refractivity contribution in [2.24, 2.45) is 0 Å². The molecule has 1 rings (SSSR count). The molecule has 0 aliphatic rings. The van der Waals surface area contributed by atoms with Gasteiger partial charge in [-0.05, 0) is 31.2 Å². The van der Waals surface area contributed by atoms with E-state index in [4.69, 9.17) is 5.11 Å². The minimum atomic E-state index is -3.30. The first-order valence-corrected chi connectivity index (χ1v) is 7.77. The largest absolute Gasteiger partial charge is 0.480 e. The summed E-state index contributed by atoms with van der Waals surface area (Å²) in [5.41, 5.74) is 0. The lowest BCUT2D eigenvalue weighted by Gasteiger charge is -2.06. The zero-order valence-electron chi connectivity index (χ0n) is 9.28. The summed E-state index contributed by atoms with van der Waals surface area (Å²) in [7, 11) is -4.98. The number of hydrogen-bond acceptors (Lipinski definition) is 4. The van der Waals surface area contributed by atoms with Crippen LogP contribution in [0, 0.1) is 0 Å². The van der Waals surface area contributed by atoms with Gasteiger partial charge in [0, 0.05) is 11.2 Å². The topological polar surface area (TPSA) is 88.5 Å². The molecule has 0 amide bonds. The summed E-state index contributed by atoms with van der Waals surface area (Å²) >= 11 is 0. The van der Waals surface area contributed by atoms with E-state index in [1.807, 2.05) is 0 Å². The van der Waals surface area contributed by atoms with Crippen molar-refractivity contribution in [3.63, 3.8) is 0 Å². The van der Waals surface area contributed by atoms with Gasteiger partial charge in [0.05, 0.1) is 15.7 Å². The summed E-state index contributed by atoms with van der Waals surface area (Å²) < 4.78 is 34.1. The molecular formula is C10H12O5S2. The maximum atomic E-state index is 11.7. The van der Waals surface area contributed by atoms with Crippen molar-refractivity contribution >= 4 is 26.6 Å². The van der Waals surface area contributed by atoms with Crippen LogP contribution in [0.5, 0.6) is 0 Å². The maximum Gasteiger partial charge on any atom is 0.319 e. The quantitative estimate of drug-likeness (QED) is 0.873. The summed E-state index contributed by atoms with van der Waals surface area (Å²) in [6, 6.07) is 5.37. The van der Waals surface area contributed by atoms with E-state index in [0.29, 0.717) is 4.90 Å². The normalized spacial score (nSPS) is 15.2. The molecule has 2 atom stereocenters. The molecule has 0 radical (unpaired) electrons. The van der Waals surface area contributed by atoms with Crippen LogP contribution in [0.4, 0.5) is 0 Å². The second-order valence-corrected chi connectivity index (χ2v) is 7.31. The van der Waals surface area contributed by atoms with Gasteiger partial charge in [-0.3, -0.25) is 9.00 Å². The molecule has 0 heterocycles. The molecule has 0 fully saturated rings. The van der Waals surface area contributed by atoms with Crippen LogP contribution in [0.15, 0.2) is 34.1 Å². The first kappa shape index (κ1) is 13.9. The van der Waals surface area contributed by atoms with E-state index in [1.165, 1.54) is 31.2 Å². The molecule has 0 saturated carbocycles.